The molecule has 0 saturated heterocycles. The molecule has 0 saturated carbocycles. The Bertz CT molecular complexity index is 533. The lowest BCUT2D eigenvalue weighted by atomic mass is 9.97. The molecule has 0 bridgehead atoms. The van der Waals surface area contributed by atoms with Crippen molar-refractivity contribution in [3.8, 4) is 5.75 Å². The van der Waals surface area contributed by atoms with Crippen molar-refractivity contribution in [2.75, 3.05) is 7.11 Å². The van der Waals surface area contributed by atoms with E-state index in [1.807, 2.05) is 30.3 Å². The Hall–Kier alpha value is -1.80. The van der Waals surface area contributed by atoms with E-state index in [-0.39, 0.29) is 6.04 Å². The number of rotatable bonds is 4. The molecule has 2 rings (SSSR count). The third-order valence-electron chi connectivity index (χ3n) is 2.96. The van der Waals surface area contributed by atoms with Crippen molar-refractivity contribution < 1.29 is 4.74 Å². The quantitative estimate of drug-likeness (QED) is 0.812. The highest BCUT2D eigenvalue weighted by molar-refractivity contribution is 5.91. The zero-order valence-corrected chi connectivity index (χ0v) is 10.0. The van der Waals surface area contributed by atoms with Gasteiger partial charge in [-0.3, -0.25) is 0 Å². The normalized spacial score (nSPS) is 12.4. The summed E-state index contributed by atoms with van der Waals surface area (Å²) in [5, 5.41) is 2.26. The molecule has 0 aromatic heterocycles. The molecule has 2 heteroatoms. The van der Waals surface area contributed by atoms with E-state index < -0.39 is 0 Å². The molecule has 0 aliphatic heterocycles. The molecule has 0 heterocycles. The molecule has 2 N–H and O–H groups in total. The summed E-state index contributed by atoms with van der Waals surface area (Å²) in [6.45, 7) is 3.74. The van der Waals surface area contributed by atoms with Gasteiger partial charge in [0.1, 0.15) is 5.75 Å². The summed E-state index contributed by atoms with van der Waals surface area (Å²) in [4.78, 5) is 0. The summed E-state index contributed by atoms with van der Waals surface area (Å²) in [5.41, 5.74) is 7.29. The van der Waals surface area contributed by atoms with Crippen molar-refractivity contribution in [2.24, 2.45) is 5.73 Å². The molecule has 2 aromatic rings. The molecular weight excluding hydrogens is 210 g/mol. The zero-order valence-electron chi connectivity index (χ0n) is 10.0. The van der Waals surface area contributed by atoms with Crippen molar-refractivity contribution in [3.63, 3.8) is 0 Å². The van der Waals surface area contributed by atoms with E-state index in [4.69, 9.17) is 10.5 Å². The Kier molecular flexibility index (Phi) is 3.45. The predicted octanol–water partition coefficient (Wildman–Crippen LogP) is 3.42. The number of hydrogen-bond acceptors (Lipinski definition) is 2. The van der Waals surface area contributed by atoms with Crippen molar-refractivity contribution in [1.29, 1.82) is 0 Å². The second kappa shape index (κ2) is 5.02. The minimum atomic E-state index is -0.0108. The highest BCUT2D eigenvalue weighted by Gasteiger charge is 2.10. The van der Waals surface area contributed by atoms with Gasteiger partial charge in [0, 0.05) is 11.4 Å². The Balaban J connectivity index is 2.62. The van der Waals surface area contributed by atoms with Gasteiger partial charge >= 0.3 is 0 Å². The van der Waals surface area contributed by atoms with E-state index in [1.165, 1.54) is 0 Å². The highest BCUT2D eigenvalue weighted by Crippen LogP contribution is 2.31. The maximum atomic E-state index is 6.15. The molecule has 1 atom stereocenters. The van der Waals surface area contributed by atoms with Crippen LogP contribution in [-0.4, -0.2) is 7.11 Å². The molecule has 0 amide bonds. The van der Waals surface area contributed by atoms with Crippen molar-refractivity contribution in [2.45, 2.75) is 12.5 Å². The first-order valence-electron chi connectivity index (χ1n) is 5.70. The van der Waals surface area contributed by atoms with E-state index >= 15 is 0 Å². The van der Waals surface area contributed by atoms with Crippen LogP contribution in [0.5, 0.6) is 5.75 Å². The van der Waals surface area contributed by atoms with Gasteiger partial charge in [0.05, 0.1) is 7.11 Å². The lowest BCUT2D eigenvalue weighted by Crippen LogP contribution is -2.09. The van der Waals surface area contributed by atoms with Crippen LogP contribution in [0.2, 0.25) is 0 Å². The van der Waals surface area contributed by atoms with E-state index in [9.17, 15) is 0 Å². The van der Waals surface area contributed by atoms with Crippen LogP contribution >= 0.6 is 0 Å². The van der Waals surface area contributed by atoms with Crippen molar-refractivity contribution in [1.82, 2.24) is 0 Å². The van der Waals surface area contributed by atoms with Crippen LogP contribution in [0.25, 0.3) is 10.8 Å². The molecule has 0 aliphatic rings. The van der Waals surface area contributed by atoms with Crippen molar-refractivity contribution >= 4 is 10.8 Å². The van der Waals surface area contributed by atoms with Crippen LogP contribution in [0.15, 0.2) is 49.1 Å². The molecular formula is C15H17NO. The number of hydrogen-bond donors (Lipinski definition) is 1. The zero-order chi connectivity index (χ0) is 12.3. The topological polar surface area (TPSA) is 35.2 Å². The third kappa shape index (κ3) is 2.17. The molecule has 17 heavy (non-hydrogen) atoms. The maximum Gasteiger partial charge on any atom is 0.126 e. The molecule has 2 nitrogen and oxygen atoms in total. The first kappa shape index (κ1) is 11.7. The number of benzene rings is 2. The van der Waals surface area contributed by atoms with Gasteiger partial charge in [-0.25, -0.2) is 0 Å². The Morgan fingerprint density at radius 2 is 1.94 bits per heavy atom. The molecule has 0 aliphatic carbocycles. The number of nitrogens with two attached hydrogens (primary N) is 1. The average molecular weight is 227 g/mol. The summed E-state index contributed by atoms with van der Waals surface area (Å²) in [6, 6.07) is 12.2. The number of fused-ring (bicyclic) bond motifs is 1. The number of methoxy groups -OCH3 is 1. The summed E-state index contributed by atoms with van der Waals surface area (Å²) < 4.78 is 5.36. The Labute approximate surface area is 102 Å². The molecule has 0 unspecified atom stereocenters. The van der Waals surface area contributed by atoms with Gasteiger partial charge in [-0.05, 0) is 23.4 Å². The lowest BCUT2D eigenvalue weighted by Gasteiger charge is -2.15. The second-order valence-corrected chi connectivity index (χ2v) is 4.03. The van der Waals surface area contributed by atoms with E-state index in [0.717, 1.165) is 28.5 Å². The fraction of sp³-hybridized carbons (Fsp3) is 0.200. The van der Waals surface area contributed by atoms with Crippen LogP contribution in [0.1, 0.15) is 18.0 Å². The standard InChI is InChI=1S/C15H17NO/c1-3-6-14(16)12-9-10-15(17-2)13-8-5-4-7-11(12)13/h3-5,7-10,14H,1,6,16H2,2H3/t14-/m0/s1. The van der Waals surface area contributed by atoms with Crippen LogP contribution in [0.4, 0.5) is 0 Å². The van der Waals surface area contributed by atoms with Gasteiger partial charge in [0.15, 0.2) is 0 Å². The highest BCUT2D eigenvalue weighted by atomic mass is 16.5. The molecule has 88 valence electrons. The summed E-state index contributed by atoms with van der Waals surface area (Å²) in [5.74, 6) is 0.884. The minimum Gasteiger partial charge on any atom is -0.496 e. The fourth-order valence-corrected chi connectivity index (χ4v) is 2.10. The van der Waals surface area contributed by atoms with Gasteiger partial charge in [0.2, 0.25) is 0 Å². The Morgan fingerprint density at radius 3 is 2.59 bits per heavy atom. The van der Waals surface area contributed by atoms with Crippen LogP contribution in [0.3, 0.4) is 0 Å². The van der Waals surface area contributed by atoms with Gasteiger partial charge in [-0.1, -0.05) is 36.4 Å². The second-order valence-electron chi connectivity index (χ2n) is 4.03. The first-order chi connectivity index (χ1) is 8.27. The average Bonchev–Trinajstić information content (AvgIpc) is 2.37. The maximum absolute atomic E-state index is 6.15. The SMILES string of the molecule is C=CC[C@H](N)c1ccc(OC)c2ccccc12. The summed E-state index contributed by atoms with van der Waals surface area (Å²) in [7, 11) is 1.69. The predicted molar refractivity (Wildman–Crippen MR) is 72.2 cm³/mol. The Morgan fingerprint density at radius 1 is 1.24 bits per heavy atom. The van der Waals surface area contributed by atoms with E-state index in [1.54, 1.807) is 7.11 Å². The van der Waals surface area contributed by atoms with Gasteiger partial charge in [-0.2, -0.15) is 0 Å². The van der Waals surface area contributed by atoms with Crippen LogP contribution < -0.4 is 10.5 Å². The number of ether oxygens (including phenoxy) is 1. The monoisotopic (exact) mass is 227 g/mol. The summed E-state index contributed by atoms with van der Waals surface area (Å²) in [6.07, 6.45) is 2.62. The molecule has 0 fully saturated rings. The third-order valence-corrected chi connectivity index (χ3v) is 2.96. The molecule has 0 spiro atoms. The smallest absolute Gasteiger partial charge is 0.126 e. The van der Waals surface area contributed by atoms with Gasteiger partial charge < -0.3 is 10.5 Å². The lowest BCUT2D eigenvalue weighted by molar-refractivity contribution is 0.419. The molecule has 0 radical (unpaired) electrons. The van der Waals surface area contributed by atoms with E-state index in [2.05, 4.69) is 18.7 Å². The van der Waals surface area contributed by atoms with E-state index in [0.29, 0.717) is 0 Å². The largest absolute Gasteiger partial charge is 0.496 e. The summed E-state index contributed by atoms with van der Waals surface area (Å²) >= 11 is 0. The van der Waals surface area contributed by atoms with Crippen LogP contribution in [-0.2, 0) is 0 Å². The minimum absolute atomic E-state index is 0.0108. The fourth-order valence-electron chi connectivity index (χ4n) is 2.10. The van der Waals surface area contributed by atoms with Gasteiger partial charge in [0.25, 0.3) is 0 Å². The molecule has 2 aromatic carbocycles. The van der Waals surface area contributed by atoms with Crippen LogP contribution in [0, 0.1) is 0 Å². The van der Waals surface area contributed by atoms with Crippen molar-refractivity contribution in [3.05, 3.63) is 54.6 Å². The first-order valence-corrected chi connectivity index (χ1v) is 5.70. The van der Waals surface area contributed by atoms with Gasteiger partial charge in [-0.15, -0.1) is 6.58 Å².